The highest BCUT2D eigenvalue weighted by atomic mass is 16.7. The van der Waals surface area contributed by atoms with Crippen LogP contribution in [0.1, 0.15) is 12.6 Å². The number of H-pyrrole nitrogens is 1. The number of hydrogen-bond donors (Lipinski definition) is 1. The molecule has 8 nitrogen and oxygen atoms in total. The molecule has 0 spiro atoms. The number of pyridine rings is 1. The van der Waals surface area contributed by atoms with E-state index in [4.69, 9.17) is 14.5 Å². The molecule has 4 aromatic rings. The first-order valence-electron chi connectivity index (χ1n) is 9.05. The van der Waals surface area contributed by atoms with Crippen LogP contribution in [-0.2, 0) is 11.2 Å². The summed E-state index contributed by atoms with van der Waals surface area (Å²) in [4.78, 5) is 33.7. The molecule has 0 aliphatic carbocycles. The zero-order chi connectivity index (χ0) is 20.0. The molecule has 3 aromatic heterocycles. The molecule has 1 N–H and O–H groups in total. The fraction of sp³-hybridized carbons (Fsp3) is 0.143. The molecule has 0 radical (unpaired) electrons. The van der Waals surface area contributed by atoms with E-state index in [9.17, 15) is 9.59 Å². The zero-order valence-corrected chi connectivity index (χ0v) is 15.5. The van der Waals surface area contributed by atoms with Crippen LogP contribution in [0.5, 0.6) is 11.5 Å². The largest absolute Gasteiger partial charge is 0.454 e. The normalized spacial score (nSPS) is 12.4. The fourth-order valence-corrected chi connectivity index (χ4v) is 3.44. The van der Waals surface area contributed by atoms with Crippen molar-refractivity contribution in [2.24, 2.45) is 0 Å². The summed E-state index contributed by atoms with van der Waals surface area (Å²) in [6.07, 6.45) is 1.81. The van der Waals surface area contributed by atoms with Crippen molar-refractivity contribution >= 4 is 11.4 Å². The fourth-order valence-electron chi connectivity index (χ4n) is 3.44. The van der Waals surface area contributed by atoms with Gasteiger partial charge in [0.25, 0.3) is 5.56 Å². The molecule has 0 fully saturated rings. The van der Waals surface area contributed by atoms with E-state index < -0.39 is 0 Å². The van der Waals surface area contributed by atoms with Gasteiger partial charge in [-0.3, -0.25) is 19.7 Å². The Hall–Kier alpha value is -3.94. The molecule has 0 unspecified atom stereocenters. The zero-order valence-electron chi connectivity index (χ0n) is 15.5. The van der Waals surface area contributed by atoms with Crippen molar-refractivity contribution in [1.29, 1.82) is 0 Å². The predicted molar refractivity (Wildman–Crippen MR) is 105 cm³/mol. The van der Waals surface area contributed by atoms with Crippen LogP contribution in [0, 0.1) is 0 Å². The number of aromatic amines is 1. The van der Waals surface area contributed by atoms with Crippen LogP contribution in [-0.4, -0.2) is 32.2 Å². The quantitative estimate of drug-likeness (QED) is 0.577. The summed E-state index contributed by atoms with van der Waals surface area (Å²) in [5.74, 6) is 1.24. The molecule has 0 atom stereocenters. The van der Waals surface area contributed by atoms with Crippen molar-refractivity contribution in [3.05, 3.63) is 64.7 Å². The van der Waals surface area contributed by atoms with E-state index in [1.54, 1.807) is 24.4 Å². The summed E-state index contributed by atoms with van der Waals surface area (Å²) >= 11 is 0. The maximum atomic E-state index is 12.8. The van der Waals surface area contributed by atoms with Crippen LogP contribution in [0.25, 0.3) is 28.2 Å². The van der Waals surface area contributed by atoms with Crippen molar-refractivity contribution in [3.8, 4) is 34.0 Å². The number of hydrogen-bond acceptors (Lipinski definition) is 6. The second kappa shape index (κ2) is 6.59. The Balaban J connectivity index is 1.75. The molecule has 8 heteroatoms. The first-order chi connectivity index (χ1) is 14.1. The number of nitrogens with one attached hydrogen (secondary N) is 1. The van der Waals surface area contributed by atoms with Crippen LogP contribution in [0.3, 0.4) is 0 Å². The maximum absolute atomic E-state index is 12.8. The third kappa shape index (κ3) is 2.94. The van der Waals surface area contributed by atoms with E-state index in [1.165, 1.54) is 17.5 Å². The van der Waals surface area contributed by atoms with Crippen molar-refractivity contribution in [2.45, 2.75) is 13.3 Å². The monoisotopic (exact) mass is 388 g/mol. The maximum Gasteiger partial charge on any atom is 0.273 e. The number of carbonyl (C=O) groups is 1. The molecule has 0 saturated heterocycles. The topological polar surface area (TPSA) is 98.6 Å². The molecule has 1 aromatic carbocycles. The highest BCUT2D eigenvalue weighted by Crippen LogP contribution is 2.35. The Morgan fingerprint density at radius 3 is 2.79 bits per heavy atom. The standard InChI is InChI=1S/C21H16N4O4/c1-12(26)8-16-20(14-4-2-3-7-22-14)21-23-15(10-19(27)25(21)24-16)13-5-6-17-18(9-13)29-11-28-17/h2-7,9-10,24H,8,11H2,1H3. The van der Waals surface area contributed by atoms with Gasteiger partial charge in [-0.05, 0) is 37.3 Å². The average Bonchev–Trinajstić information content (AvgIpc) is 3.32. The van der Waals surface area contributed by atoms with Crippen molar-refractivity contribution in [1.82, 2.24) is 19.6 Å². The van der Waals surface area contributed by atoms with Gasteiger partial charge in [0.15, 0.2) is 17.1 Å². The molecule has 0 amide bonds. The third-order valence-electron chi connectivity index (χ3n) is 4.71. The number of nitrogens with zero attached hydrogens (tertiary/aromatic N) is 3. The van der Waals surface area contributed by atoms with Crippen LogP contribution in [0.4, 0.5) is 0 Å². The van der Waals surface area contributed by atoms with E-state index >= 15 is 0 Å². The van der Waals surface area contributed by atoms with Gasteiger partial charge in [-0.15, -0.1) is 0 Å². The molecule has 0 bridgehead atoms. The first-order valence-corrected chi connectivity index (χ1v) is 9.05. The lowest BCUT2D eigenvalue weighted by Crippen LogP contribution is -2.14. The van der Waals surface area contributed by atoms with Gasteiger partial charge in [0.05, 0.1) is 22.6 Å². The summed E-state index contributed by atoms with van der Waals surface area (Å²) in [5, 5.41) is 3.02. The minimum absolute atomic E-state index is 0.0298. The minimum atomic E-state index is -0.283. The summed E-state index contributed by atoms with van der Waals surface area (Å²) < 4.78 is 12.1. The number of ether oxygens (including phenoxy) is 2. The summed E-state index contributed by atoms with van der Waals surface area (Å²) in [6, 6.07) is 12.3. The van der Waals surface area contributed by atoms with E-state index in [0.717, 1.165) is 5.56 Å². The number of ketones is 1. The number of Topliss-reactive ketones (excluding diaryl/α,β-unsaturated/α-hetero) is 1. The number of benzene rings is 1. The van der Waals surface area contributed by atoms with E-state index in [2.05, 4.69) is 10.1 Å². The molecular weight excluding hydrogens is 372 g/mol. The van der Waals surface area contributed by atoms with Crippen LogP contribution >= 0.6 is 0 Å². The molecule has 29 heavy (non-hydrogen) atoms. The van der Waals surface area contributed by atoms with Crippen molar-refractivity contribution in [3.63, 3.8) is 0 Å². The Kier molecular flexibility index (Phi) is 3.90. The minimum Gasteiger partial charge on any atom is -0.454 e. The molecule has 0 saturated carbocycles. The van der Waals surface area contributed by atoms with Gasteiger partial charge in [0, 0.05) is 24.2 Å². The van der Waals surface area contributed by atoms with Crippen LogP contribution < -0.4 is 15.0 Å². The highest BCUT2D eigenvalue weighted by molar-refractivity contribution is 5.85. The third-order valence-corrected chi connectivity index (χ3v) is 4.71. The Morgan fingerprint density at radius 2 is 2.00 bits per heavy atom. The predicted octanol–water partition coefficient (Wildman–Crippen LogP) is 2.61. The second-order valence-electron chi connectivity index (χ2n) is 6.77. The van der Waals surface area contributed by atoms with E-state index in [1.807, 2.05) is 18.2 Å². The Morgan fingerprint density at radius 1 is 1.14 bits per heavy atom. The molecule has 5 rings (SSSR count). The van der Waals surface area contributed by atoms with Gasteiger partial charge >= 0.3 is 0 Å². The van der Waals surface area contributed by atoms with Gasteiger partial charge < -0.3 is 9.47 Å². The smallest absolute Gasteiger partial charge is 0.273 e. The molecule has 4 heterocycles. The van der Waals surface area contributed by atoms with Crippen molar-refractivity contribution in [2.75, 3.05) is 6.79 Å². The van der Waals surface area contributed by atoms with Gasteiger partial charge in [-0.2, -0.15) is 0 Å². The first kappa shape index (κ1) is 17.2. The van der Waals surface area contributed by atoms with E-state index in [-0.39, 0.29) is 24.6 Å². The Labute approximate surface area is 164 Å². The van der Waals surface area contributed by atoms with Crippen LogP contribution in [0.15, 0.2) is 53.5 Å². The average molecular weight is 388 g/mol. The lowest BCUT2D eigenvalue weighted by molar-refractivity contribution is -0.116. The lowest BCUT2D eigenvalue weighted by Gasteiger charge is -2.05. The van der Waals surface area contributed by atoms with E-state index in [0.29, 0.717) is 39.8 Å². The van der Waals surface area contributed by atoms with Gasteiger partial charge in [-0.1, -0.05) is 6.07 Å². The summed E-state index contributed by atoms with van der Waals surface area (Å²) in [5.41, 5.74) is 3.24. The lowest BCUT2D eigenvalue weighted by atomic mass is 10.1. The Bertz CT molecular complexity index is 1310. The van der Waals surface area contributed by atoms with Crippen LogP contribution in [0.2, 0.25) is 0 Å². The summed E-state index contributed by atoms with van der Waals surface area (Å²) in [6.45, 7) is 1.67. The molecule has 1 aliphatic heterocycles. The van der Waals surface area contributed by atoms with Gasteiger partial charge in [0.1, 0.15) is 5.78 Å². The molecular formula is C21H16N4O4. The second-order valence-corrected chi connectivity index (χ2v) is 6.77. The van der Waals surface area contributed by atoms with Crippen molar-refractivity contribution < 1.29 is 14.3 Å². The SMILES string of the molecule is CC(=O)Cc1[nH]n2c(=O)cc(-c3ccc4c(c3)OCO4)nc2c1-c1ccccn1. The number of carbonyl (C=O) groups excluding carboxylic acids is 1. The molecule has 144 valence electrons. The highest BCUT2D eigenvalue weighted by Gasteiger charge is 2.20. The number of aromatic nitrogens is 4. The number of rotatable bonds is 4. The van der Waals surface area contributed by atoms with Gasteiger partial charge in [0.2, 0.25) is 6.79 Å². The molecule has 1 aliphatic rings. The summed E-state index contributed by atoms with van der Waals surface area (Å²) in [7, 11) is 0. The van der Waals surface area contributed by atoms with Gasteiger partial charge in [-0.25, -0.2) is 9.50 Å². The number of fused-ring (bicyclic) bond motifs is 2.